The number of rotatable bonds is 6. The highest BCUT2D eigenvalue weighted by Gasteiger charge is 2.41. The Morgan fingerprint density at radius 2 is 2.08 bits per heavy atom. The fourth-order valence-electron chi connectivity index (χ4n) is 5.77. The van der Waals surface area contributed by atoms with Gasteiger partial charge >= 0.3 is 0 Å². The van der Waals surface area contributed by atoms with Crippen molar-refractivity contribution in [2.45, 2.75) is 57.5 Å². The van der Waals surface area contributed by atoms with E-state index in [2.05, 4.69) is 31.0 Å². The summed E-state index contributed by atoms with van der Waals surface area (Å²) in [5, 5.41) is 3.51. The van der Waals surface area contributed by atoms with Crippen LogP contribution >= 0.6 is 0 Å². The number of halogens is 1. The molecular formula is C28H36FN5O2. The smallest absolute Gasteiger partial charge is 0.241 e. The number of aromatic nitrogens is 1. The van der Waals surface area contributed by atoms with Crippen LogP contribution in [0.5, 0.6) is 0 Å². The molecule has 1 aromatic heterocycles. The summed E-state index contributed by atoms with van der Waals surface area (Å²) in [5.41, 5.74) is 2.97. The molecule has 0 saturated carbocycles. The Morgan fingerprint density at radius 1 is 1.28 bits per heavy atom. The van der Waals surface area contributed by atoms with E-state index >= 15 is 0 Å². The van der Waals surface area contributed by atoms with E-state index in [0.717, 1.165) is 43.0 Å². The van der Waals surface area contributed by atoms with Gasteiger partial charge in [-0.25, -0.2) is 4.39 Å². The summed E-state index contributed by atoms with van der Waals surface area (Å²) in [7, 11) is 0. The van der Waals surface area contributed by atoms with Gasteiger partial charge in [0, 0.05) is 69.3 Å². The predicted molar refractivity (Wildman–Crippen MR) is 137 cm³/mol. The Kier molecular flexibility index (Phi) is 6.83. The molecule has 0 radical (unpaired) electrons. The first-order chi connectivity index (χ1) is 17.2. The zero-order chi connectivity index (χ0) is 25.4. The fourth-order valence-corrected chi connectivity index (χ4v) is 5.77. The highest BCUT2D eigenvalue weighted by molar-refractivity contribution is 5.97. The van der Waals surface area contributed by atoms with Crippen molar-refractivity contribution in [3.05, 3.63) is 59.2 Å². The van der Waals surface area contributed by atoms with Crippen LogP contribution < -0.4 is 10.2 Å². The minimum Gasteiger partial charge on any atom is -0.341 e. The number of amides is 2. The van der Waals surface area contributed by atoms with Crippen LogP contribution in [-0.2, 0) is 21.4 Å². The lowest BCUT2D eigenvalue weighted by molar-refractivity contribution is -0.128. The molecule has 192 valence electrons. The maximum Gasteiger partial charge on any atom is 0.241 e. The minimum atomic E-state index is -0.264. The molecule has 7 nitrogen and oxygen atoms in total. The molecule has 0 aliphatic carbocycles. The zero-order valence-electron chi connectivity index (χ0n) is 21.5. The van der Waals surface area contributed by atoms with Crippen LogP contribution in [0.3, 0.4) is 0 Å². The molecule has 1 N–H and O–H groups in total. The molecule has 5 rings (SSSR count). The SMILES string of the molecule is C[C@@H]1CN(CC(=O)N2CC(C)(C)c3ncc(Cc4ccccc4F)cc32)[C@@H](CN2CCCC2=O)CN1. The summed E-state index contributed by atoms with van der Waals surface area (Å²) in [6, 6.07) is 9.16. The van der Waals surface area contributed by atoms with Crippen LogP contribution in [0.15, 0.2) is 36.5 Å². The molecule has 3 aliphatic rings. The maximum atomic E-state index is 14.3. The number of nitrogens with one attached hydrogen (secondary N) is 1. The number of hydrogen-bond donors (Lipinski definition) is 1. The van der Waals surface area contributed by atoms with Gasteiger partial charge in [-0.1, -0.05) is 32.0 Å². The van der Waals surface area contributed by atoms with Crippen LogP contribution in [0.25, 0.3) is 0 Å². The summed E-state index contributed by atoms with van der Waals surface area (Å²) in [5.74, 6) is 0.0173. The van der Waals surface area contributed by atoms with Gasteiger partial charge in [-0.2, -0.15) is 0 Å². The molecule has 36 heavy (non-hydrogen) atoms. The van der Waals surface area contributed by atoms with Crippen LogP contribution in [0, 0.1) is 5.82 Å². The minimum absolute atomic E-state index is 0.0403. The number of piperazine rings is 1. The Morgan fingerprint density at radius 3 is 2.83 bits per heavy atom. The molecule has 2 fully saturated rings. The van der Waals surface area contributed by atoms with Gasteiger partial charge in [0.05, 0.1) is 17.9 Å². The van der Waals surface area contributed by atoms with E-state index < -0.39 is 0 Å². The van der Waals surface area contributed by atoms with Gasteiger partial charge < -0.3 is 15.1 Å². The van der Waals surface area contributed by atoms with Gasteiger partial charge in [-0.3, -0.25) is 19.5 Å². The van der Waals surface area contributed by atoms with Crippen molar-refractivity contribution in [1.29, 1.82) is 0 Å². The van der Waals surface area contributed by atoms with Crippen molar-refractivity contribution >= 4 is 17.5 Å². The van der Waals surface area contributed by atoms with Crippen molar-refractivity contribution in [3.8, 4) is 0 Å². The van der Waals surface area contributed by atoms with Crippen molar-refractivity contribution in [2.24, 2.45) is 0 Å². The third-order valence-corrected chi connectivity index (χ3v) is 7.73. The third kappa shape index (κ3) is 5.02. The number of carbonyl (C=O) groups is 2. The number of likely N-dealkylation sites (tertiary alicyclic amines) is 1. The first-order valence-electron chi connectivity index (χ1n) is 13.0. The average molecular weight is 494 g/mol. The number of pyridine rings is 1. The molecule has 4 heterocycles. The maximum absolute atomic E-state index is 14.3. The lowest BCUT2D eigenvalue weighted by Crippen LogP contribution is -2.60. The second-order valence-corrected chi connectivity index (χ2v) is 11.2. The van der Waals surface area contributed by atoms with E-state index in [-0.39, 0.29) is 35.1 Å². The van der Waals surface area contributed by atoms with E-state index in [4.69, 9.17) is 4.98 Å². The first kappa shape index (κ1) is 24.8. The predicted octanol–water partition coefficient (Wildman–Crippen LogP) is 2.72. The summed E-state index contributed by atoms with van der Waals surface area (Å²) < 4.78 is 14.3. The Hall–Kier alpha value is -2.84. The standard InChI is InChI=1S/C28H36FN5O2/c1-19-15-33(22(14-30-19)16-32-10-6-9-25(32)35)17-26(36)34-18-28(2,3)27-24(34)12-20(13-31-27)11-21-7-4-5-8-23(21)29/h4-5,7-8,12-13,19,22,30H,6,9-11,14-18H2,1-3H3/t19-,22-/m1/s1. The van der Waals surface area contributed by atoms with Crippen LogP contribution in [-0.4, -0.2) is 78.0 Å². The largest absolute Gasteiger partial charge is 0.341 e. The molecule has 2 amide bonds. The van der Waals surface area contributed by atoms with Crippen LogP contribution in [0.2, 0.25) is 0 Å². The van der Waals surface area contributed by atoms with Crippen molar-refractivity contribution in [2.75, 3.05) is 44.2 Å². The van der Waals surface area contributed by atoms with Crippen LogP contribution in [0.1, 0.15) is 50.4 Å². The molecule has 2 saturated heterocycles. The number of carbonyl (C=O) groups excluding carboxylic acids is 2. The number of nitrogens with zero attached hydrogens (tertiary/aromatic N) is 4. The molecule has 2 aromatic rings. The molecule has 1 aromatic carbocycles. The molecule has 0 unspecified atom stereocenters. The van der Waals surface area contributed by atoms with E-state index in [9.17, 15) is 14.0 Å². The molecular weight excluding hydrogens is 457 g/mol. The van der Waals surface area contributed by atoms with Crippen molar-refractivity contribution in [3.63, 3.8) is 0 Å². The molecule has 0 spiro atoms. The van der Waals surface area contributed by atoms with Gasteiger partial charge in [0.1, 0.15) is 5.82 Å². The van der Waals surface area contributed by atoms with Gasteiger partial charge in [0.2, 0.25) is 11.8 Å². The average Bonchev–Trinajstić information content (AvgIpc) is 3.36. The van der Waals surface area contributed by atoms with E-state index in [1.807, 2.05) is 28.1 Å². The van der Waals surface area contributed by atoms with Gasteiger partial charge in [0.15, 0.2) is 0 Å². The number of anilines is 1. The van der Waals surface area contributed by atoms with Gasteiger partial charge in [-0.15, -0.1) is 0 Å². The zero-order valence-corrected chi connectivity index (χ0v) is 21.5. The number of hydrogen-bond acceptors (Lipinski definition) is 5. The lowest BCUT2D eigenvalue weighted by Gasteiger charge is -2.41. The summed E-state index contributed by atoms with van der Waals surface area (Å²) in [6.45, 7) is 10.2. The lowest BCUT2D eigenvalue weighted by atomic mass is 9.91. The number of fused-ring (bicyclic) bond motifs is 1. The Balaban J connectivity index is 1.35. The van der Waals surface area contributed by atoms with Crippen molar-refractivity contribution in [1.82, 2.24) is 20.1 Å². The summed E-state index contributed by atoms with van der Waals surface area (Å²) in [4.78, 5) is 36.7. The second kappa shape index (κ2) is 9.90. The Bertz CT molecular complexity index is 1150. The fraction of sp³-hybridized carbons (Fsp3) is 0.536. The quantitative estimate of drug-likeness (QED) is 0.670. The number of benzene rings is 1. The van der Waals surface area contributed by atoms with Crippen molar-refractivity contribution < 1.29 is 14.0 Å². The molecule has 8 heteroatoms. The Labute approximate surface area is 212 Å². The first-order valence-corrected chi connectivity index (χ1v) is 13.0. The van der Waals surface area contributed by atoms with Gasteiger partial charge in [0.25, 0.3) is 0 Å². The highest BCUT2D eigenvalue weighted by atomic mass is 19.1. The summed E-state index contributed by atoms with van der Waals surface area (Å²) >= 11 is 0. The van der Waals surface area contributed by atoms with E-state index in [1.54, 1.807) is 12.1 Å². The molecule has 3 aliphatic heterocycles. The molecule has 2 atom stereocenters. The third-order valence-electron chi connectivity index (χ3n) is 7.73. The van der Waals surface area contributed by atoms with Gasteiger partial charge in [-0.05, 0) is 36.6 Å². The van der Waals surface area contributed by atoms with E-state index in [1.165, 1.54) is 6.07 Å². The second-order valence-electron chi connectivity index (χ2n) is 11.2. The highest BCUT2D eigenvalue weighted by Crippen LogP contribution is 2.40. The normalized spacial score (nSPS) is 23.8. The molecule has 0 bridgehead atoms. The summed E-state index contributed by atoms with van der Waals surface area (Å²) in [6.07, 6.45) is 3.77. The van der Waals surface area contributed by atoms with E-state index in [0.29, 0.717) is 38.0 Å². The van der Waals surface area contributed by atoms with Crippen LogP contribution in [0.4, 0.5) is 10.1 Å². The topological polar surface area (TPSA) is 68.8 Å². The monoisotopic (exact) mass is 493 g/mol.